The van der Waals surface area contributed by atoms with Gasteiger partial charge in [0.15, 0.2) is 0 Å². The van der Waals surface area contributed by atoms with Crippen LogP contribution in [0.3, 0.4) is 0 Å². The SMILES string of the molecule is O=C1C(=O)N(CN(Cc2ccc(F)cc2)C2CC2)C(=O)N1Cc1ccccc1. The average molecular weight is 381 g/mol. The van der Waals surface area contributed by atoms with Crippen LogP contribution in [0.4, 0.5) is 9.18 Å². The molecule has 0 bridgehead atoms. The minimum absolute atomic E-state index is 0.0523. The number of hydrogen-bond acceptors (Lipinski definition) is 4. The molecule has 0 aromatic heterocycles. The van der Waals surface area contributed by atoms with Gasteiger partial charge in [-0.2, -0.15) is 0 Å². The standard InChI is InChI=1S/C21H20FN3O3/c22-17-8-6-16(7-9-17)12-23(18-10-11-18)14-25-20(27)19(26)24(21(25)28)13-15-4-2-1-3-5-15/h1-9,18H,10-14H2. The van der Waals surface area contributed by atoms with E-state index >= 15 is 0 Å². The van der Waals surface area contributed by atoms with Crippen LogP contribution in [0.1, 0.15) is 24.0 Å². The molecule has 7 heteroatoms. The Morgan fingerprint density at radius 1 is 0.857 bits per heavy atom. The summed E-state index contributed by atoms with van der Waals surface area (Å²) in [6.45, 7) is 0.605. The second-order valence-corrected chi connectivity index (χ2v) is 7.14. The second kappa shape index (κ2) is 7.52. The molecule has 1 saturated carbocycles. The van der Waals surface area contributed by atoms with Crippen LogP contribution in [0.25, 0.3) is 0 Å². The van der Waals surface area contributed by atoms with Gasteiger partial charge in [-0.1, -0.05) is 42.5 Å². The summed E-state index contributed by atoms with van der Waals surface area (Å²) in [6.07, 6.45) is 1.94. The molecule has 6 nitrogen and oxygen atoms in total. The summed E-state index contributed by atoms with van der Waals surface area (Å²) in [7, 11) is 0. The third-order valence-electron chi connectivity index (χ3n) is 5.00. The van der Waals surface area contributed by atoms with E-state index in [0.29, 0.717) is 6.54 Å². The Hall–Kier alpha value is -3.06. The molecule has 1 aliphatic heterocycles. The molecule has 28 heavy (non-hydrogen) atoms. The van der Waals surface area contributed by atoms with E-state index < -0.39 is 17.8 Å². The molecule has 0 atom stereocenters. The maximum Gasteiger partial charge on any atom is 0.335 e. The maximum atomic E-state index is 13.1. The van der Waals surface area contributed by atoms with Crippen LogP contribution in [-0.2, 0) is 22.7 Å². The smallest absolute Gasteiger partial charge is 0.278 e. The van der Waals surface area contributed by atoms with Crippen LogP contribution in [-0.4, -0.2) is 45.3 Å². The number of hydrogen-bond donors (Lipinski definition) is 0. The van der Waals surface area contributed by atoms with Gasteiger partial charge in [0, 0.05) is 12.6 Å². The highest BCUT2D eigenvalue weighted by Crippen LogP contribution is 2.29. The Balaban J connectivity index is 1.47. The summed E-state index contributed by atoms with van der Waals surface area (Å²) in [5.74, 6) is -1.91. The molecule has 4 rings (SSSR count). The lowest BCUT2D eigenvalue weighted by atomic mass is 10.2. The highest BCUT2D eigenvalue weighted by molar-refractivity contribution is 6.44. The Bertz CT molecular complexity index is 897. The number of nitrogens with zero attached hydrogens (tertiary/aromatic N) is 3. The highest BCUT2D eigenvalue weighted by atomic mass is 19.1. The molecule has 0 N–H and O–H groups in total. The Kier molecular flexibility index (Phi) is 4.92. The number of carbonyl (C=O) groups excluding carboxylic acids is 3. The predicted molar refractivity (Wildman–Crippen MR) is 99.1 cm³/mol. The van der Waals surface area contributed by atoms with Gasteiger partial charge < -0.3 is 0 Å². The van der Waals surface area contributed by atoms with Crippen molar-refractivity contribution in [1.29, 1.82) is 0 Å². The summed E-state index contributed by atoms with van der Waals surface area (Å²) in [5, 5.41) is 0. The number of carbonyl (C=O) groups is 3. The summed E-state index contributed by atoms with van der Waals surface area (Å²) >= 11 is 0. The Morgan fingerprint density at radius 3 is 2.14 bits per heavy atom. The fourth-order valence-corrected chi connectivity index (χ4v) is 3.32. The van der Waals surface area contributed by atoms with Crippen molar-refractivity contribution < 1.29 is 18.8 Å². The molecule has 0 unspecified atom stereocenters. The lowest BCUT2D eigenvalue weighted by Gasteiger charge is -2.26. The van der Waals surface area contributed by atoms with E-state index in [1.54, 1.807) is 24.3 Å². The van der Waals surface area contributed by atoms with Crippen molar-refractivity contribution >= 4 is 17.8 Å². The zero-order chi connectivity index (χ0) is 19.7. The molecule has 0 radical (unpaired) electrons. The molecule has 1 aliphatic carbocycles. The molecule has 1 heterocycles. The number of benzene rings is 2. The first-order valence-corrected chi connectivity index (χ1v) is 9.22. The summed E-state index contributed by atoms with van der Waals surface area (Å²) in [5.41, 5.74) is 1.67. The molecule has 2 aromatic carbocycles. The van der Waals surface area contributed by atoms with Crippen LogP contribution in [0, 0.1) is 5.82 Å². The van der Waals surface area contributed by atoms with Gasteiger partial charge in [0.1, 0.15) is 5.82 Å². The lowest BCUT2D eigenvalue weighted by molar-refractivity contribution is -0.144. The van der Waals surface area contributed by atoms with Crippen LogP contribution in [0.5, 0.6) is 0 Å². The van der Waals surface area contributed by atoms with Crippen molar-refractivity contribution in [2.45, 2.75) is 32.0 Å². The normalized spacial score (nSPS) is 17.1. The molecular weight excluding hydrogens is 361 g/mol. The molecule has 2 aromatic rings. The number of imide groups is 2. The average Bonchev–Trinajstić information content (AvgIpc) is 3.52. The van der Waals surface area contributed by atoms with Crippen LogP contribution >= 0.6 is 0 Å². The van der Waals surface area contributed by atoms with E-state index in [-0.39, 0.29) is 25.1 Å². The number of urea groups is 1. The molecule has 2 fully saturated rings. The Labute approximate surface area is 162 Å². The van der Waals surface area contributed by atoms with Crippen molar-refractivity contribution in [3.63, 3.8) is 0 Å². The van der Waals surface area contributed by atoms with E-state index in [2.05, 4.69) is 0 Å². The molecular formula is C21H20FN3O3. The summed E-state index contributed by atoms with van der Waals surface area (Å²) in [6, 6.07) is 14.9. The lowest BCUT2D eigenvalue weighted by Crippen LogP contribution is -2.43. The summed E-state index contributed by atoms with van der Waals surface area (Å²) in [4.78, 5) is 41.5. The molecule has 2 aliphatic rings. The fraction of sp³-hybridized carbons (Fsp3) is 0.286. The van der Waals surface area contributed by atoms with E-state index in [4.69, 9.17) is 0 Å². The van der Waals surface area contributed by atoms with Gasteiger partial charge in [-0.05, 0) is 36.1 Å². The predicted octanol–water partition coefficient (Wildman–Crippen LogP) is 2.74. The van der Waals surface area contributed by atoms with Crippen molar-refractivity contribution in [2.75, 3.05) is 6.67 Å². The molecule has 1 saturated heterocycles. The topological polar surface area (TPSA) is 60.9 Å². The first-order chi connectivity index (χ1) is 13.5. The van der Waals surface area contributed by atoms with Crippen LogP contribution < -0.4 is 0 Å². The first-order valence-electron chi connectivity index (χ1n) is 9.22. The maximum absolute atomic E-state index is 13.1. The monoisotopic (exact) mass is 381 g/mol. The zero-order valence-electron chi connectivity index (χ0n) is 15.3. The first kappa shape index (κ1) is 18.3. The summed E-state index contributed by atoms with van der Waals surface area (Å²) < 4.78 is 13.1. The quantitative estimate of drug-likeness (QED) is 0.547. The Morgan fingerprint density at radius 2 is 1.50 bits per heavy atom. The third-order valence-corrected chi connectivity index (χ3v) is 5.00. The van der Waals surface area contributed by atoms with E-state index in [1.165, 1.54) is 12.1 Å². The van der Waals surface area contributed by atoms with Gasteiger partial charge in [0.2, 0.25) is 0 Å². The number of rotatable bonds is 7. The second-order valence-electron chi connectivity index (χ2n) is 7.14. The molecule has 4 amide bonds. The van der Waals surface area contributed by atoms with Crippen LogP contribution in [0.2, 0.25) is 0 Å². The molecule has 144 valence electrons. The van der Waals surface area contributed by atoms with Gasteiger partial charge in [-0.3, -0.25) is 19.4 Å². The van der Waals surface area contributed by atoms with Gasteiger partial charge in [0.25, 0.3) is 0 Å². The van der Waals surface area contributed by atoms with Gasteiger partial charge >= 0.3 is 17.8 Å². The highest BCUT2D eigenvalue weighted by Gasteiger charge is 2.46. The largest absolute Gasteiger partial charge is 0.335 e. The van der Waals surface area contributed by atoms with E-state index in [0.717, 1.165) is 33.8 Å². The van der Waals surface area contributed by atoms with Gasteiger partial charge in [-0.25, -0.2) is 14.1 Å². The minimum atomic E-state index is -0.800. The third kappa shape index (κ3) is 3.80. The van der Waals surface area contributed by atoms with E-state index in [1.807, 2.05) is 23.1 Å². The van der Waals surface area contributed by atoms with Crippen LogP contribution in [0.15, 0.2) is 54.6 Å². The fourth-order valence-electron chi connectivity index (χ4n) is 3.32. The number of halogens is 1. The molecule has 0 spiro atoms. The zero-order valence-corrected chi connectivity index (χ0v) is 15.3. The van der Waals surface area contributed by atoms with Crippen molar-refractivity contribution in [2.24, 2.45) is 0 Å². The minimum Gasteiger partial charge on any atom is -0.278 e. The number of amides is 4. The van der Waals surface area contributed by atoms with E-state index in [9.17, 15) is 18.8 Å². The van der Waals surface area contributed by atoms with Gasteiger partial charge in [-0.15, -0.1) is 0 Å². The van der Waals surface area contributed by atoms with Gasteiger partial charge in [0.05, 0.1) is 13.2 Å². The van der Waals surface area contributed by atoms with Crippen molar-refractivity contribution in [3.05, 3.63) is 71.5 Å². The van der Waals surface area contributed by atoms with Crippen molar-refractivity contribution in [1.82, 2.24) is 14.7 Å². The van der Waals surface area contributed by atoms with Crippen molar-refractivity contribution in [3.8, 4) is 0 Å².